The number of anilines is 1. The van der Waals surface area contributed by atoms with Crippen LogP contribution in [0.1, 0.15) is 10.4 Å². The molecule has 2 aromatic rings. The van der Waals surface area contributed by atoms with Gasteiger partial charge in [-0.1, -0.05) is 11.6 Å². The molecule has 7 heteroatoms. The van der Waals surface area contributed by atoms with E-state index in [1.165, 1.54) is 6.07 Å². The van der Waals surface area contributed by atoms with Crippen LogP contribution in [0.5, 0.6) is 0 Å². The Kier molecular flexibility index (Phi) is 1.78. The molecular weight excluding hydrogens is 208 g/mol. The van der Waals surface area contributed by atoms with E-state index in [0.717, 1.165) is 0 Å². The van der Waals surface area contributed by atoms with Gasteiger partial charge >= 0.3 is 5.97 Å². The van der Waals surface area contributed by atoms with Gasteiger partial charge in [-0.15, -0.1) is 0 Å². The van der Waals surface area contributed by atoms with Gasteiger partial charge in [0.1, 0.15) is 11.0 Å². The van der Waals surface area contributed by atoms with Crippen LogP contribution in [0.15, 0.2) is 6.07 Å². The summed E-state index contributed by atoms with van der Waals surface area (Å²) in [6.07, 6.45) is 0. The number of aromatic carboxylic acids is 1. The molecule has 0 aliphatic heterocycles. The number of hydrogen-bond acceptors (Lipinski definition) is 4. The van der Waals surface area contributed by atoms with Gasteiger partial charge in [0.15, 0.2) is 5.65 Å². The third kappa shape index (κ3) is 1.16. The molecule has 2 heterocycles. The summed E-state index contributed by atoms with van der Waals surface area (Å²) in [5.74, 6) is -0.878. The molecule has 0 fully saturated rings. The van der Waals surface area contributed by atoms with Crippen LogP contribution < -0.4 is 5.73 Å². The second-order valence-corrected chi connectivity index (χ2v) is 3.00. The number of halogens is 1. The highest BCUT2D eigenvalue weighted by Gasteiger charge is 2.14. The van der Waals surface area contributed by atoms with Crippen molar-refractivity contribution in [3.63, 3.8) is 0 Å². The number of aromatic amines is 1. The highest BCUT2D eigenvalue weighted by molar-refractivity contribution is 6.32. The first kappa shape index (κ1) is 8.76. The van der Waals surface area contributed by atoms with E-state index in [0.29, 0.717) is 11.0 Å². The van der Waals surface area contributed by atoms with Gasteiger partial charge in [0.05, 0.1) is 10.9 Å². The first-order chi connectivity index (χ1) is 6.59. The predicted molar refractivity (Wildman–Crippen MR) is 50.3 cm³/mol. The monoisotopic (exact) mass is 212 g/mol. The minimum Gasteiger partial charge on any atom is -0.478 e. The minimum absolute atomic E-state index is 0.0905. The number of nitrogens with zero attached hydrogens (tertiary/aromatic N) is 2. The number of aromatic nitrogens is 3. The molecule has 0 amide bonds. The Morgan fingerprint density at radius 1 is 1.64 bits per heavy atom. The quantitative estimate of drug-likeness (QED) is 0.609. The van der Waals surface area contributed by atoms with E-state index >= 15 is 0 Å². The van der Waals surface area contributed by atoms with E-state index in [9.17, 15) is 4.79 Å². The maximum atomic E-state index is 10.7. The molecule has 4 N–H and O–H groups in total. The fourth-order valence-electron chi connectivity index (χ4n) is 1.09. The highest BCUT2D eigenvalue weighted by atomic mass is 35.5. The van der Waals surface area contributed by atoms with Crippen LogP contribution in [-0.4, -0.2) is 26.3 Å². The first-order valence-electron chi connectivity index (χ1n) is 3.63. The molecule has 0 aromatic carbocycles. The maximum absolute atomic E-state index is 10.7. The summed E-state index contributed by atoms with van der Waals surface area (Å²) in [6, 6.07) is 1.34. The summed E-state index contributed by atoms with van der Waals surface area (Å²) in [4.78, 5) is 14.5. The van der Waals surface area contributed by atoms with Crippen molar-refractivity contribution >= 4 is 34.4 Å². The molecule has 14 heavy (non-hydrogen) atoms. The number of fused-ring (bicyclic) bond motifs is 1. The Hall–Kier alpha value is -1.82. The van der Waals surface area contributed by atoms with E-state index in [4.69, 9.17) is 22.4 Å². The van der Waals surface area contributed by atoms with E-state index in [1.54, 1.807) is 0 Å². The maximum Gasteiger partial charge on any atom is 0.338 e. The first-order valence-corrected chi connectivity index (χ1v) is 4.01. The molecule has 6 nitrogen and oxygen atoms in total. The zero-order valence-electron chi connectivity index (χ0n) is 6.78. The number of nitrogens with two attached hydrogens (primary N) is 1. The standard InChI is InChI=1S/C7H5ClN4O2/c8-4-2(7(13)14)1-3-5(9)11-12-6(3)10-4/h1H,(H,13,14)(H3,9,10,11,12). The number of carboxylic acids is 1. The molecular formula is C7H5ClN4O2. The van der Waals surface area contributed by atoms with Gasteiger partial charge in [-0.2, -0.15) is 5.10 Å². The third-order valence-electron chi connectivity index (χ3n) is 1.76. The number of rotatable bonds is 1. The molecule has 0 saturated heterocycles. The number of hydrogen-bond donors (Lipinski definition) is 3. The van der Waals surface area contributed by atoms with Gasteiger partial charge in [0.25, 0.3) is 0 Å². The smallest absolute Gasteiger partial charge is 0.338 e. The normalized spacial score (nSPS) is 10.6. The molecule has 0 unspecified atom stereocenters. The zero-order chi connectivity index (χ0) is 10.3. The van der Waals surface area contributed by atoms with Crippen molar-refractivity contribution in [2.24, 2.45) is 0 Å². The fourth-order valence-corrected chi connectivity index (χ4v) is 1.30. The molecule has 0 saturated carbocycles. The number of carboxylic acid groups (broad SMARTS) is 1. The molecule has 0 spiro atoms. The van der Waals surface area contributed by atoms with Gasteiger partial charge in [0, 0.05) is 0 Å². The van der Waals surface area contributed by atoms with Gasteiger partial charge < -0.3 is 10.8 Å². The molecule has 2 rings (SSSR count). The van der Waals surface area contributed by atoms with Crippen LogP contribution in [0, 0.1) is 0 Å². The number of pyridine rings is 1. The number of carbonyl (C=O) groups is 1. The second kappa shape index (κ2) is 2.85. The summed E-state index contributed by atoms with van der Waals surface area (Å²) < 4.78 is 0. The van der Waals surface area contributed by atoms with E-state index in [-0.39, 0.29) is 16.5 Å². The van der Waals surface area contributed by atoms with Crippen LogP contribution in [-0.2, 0) is 0 Å². The van der Waals surface area contributed by atoms with E-state index in [1.807, 2.05) is 0 Å². The average Bonchev–Trinajstić information content (AvgIpc) is 2.46. The lowest BCUT2D eigenvalue weighted by atomic mass is 10.2. The lowest BCUT2D eigenvalue weighted by molar-refractivity contribution is 0.0697. The van der Waals surface area contributed by atoms with Crippen molar-refractivity contribution in [2.75, 3.05) is 5.73 Å². The fraction of sp³-hybridized carbons (Fsp3) is 0. The number of nitrogen functional groups attached to an aromatic ring is 1. The van der Waals surface area contributed by atoms with Gasteiger partial charge in [-0.25, -0.2) is 9.78 Å². The Morgan fingerprint density at radius 2 is 2.36 bits per heavy atom. The third-order valence-corrected chi connectivity index (χ3v) is 2.05. The molecule has 2 aromatic heterocycles. The minimum atomic E-state index is -1.15. The van der Waals surface area contributed by atoms with Crippen molar-refractivity contribution in [1.82, 2.24) is 15.2 Å². The molecule has 0 aliphatic rings. The zero-order valence-corrected chi connectivity index (χ0v) is 7.54. The predicted octanol–water partition coefficient (Wildman–Crippen LogP) is 0.892. The van der Waals surface area contributed by atoms with Gasteiger partial charge in [0.2, 0.25) is 0 Å². The van der Waals surface area contributed by atoms with Crippen molar-refractivity contribution in [3.8, 4) is 0 Å². The highest BCUT2D eigenvalue weighted by Crippen LogP contribution is 2.22. The summed E-state index contributed by atoms with van der Waals surface area (Å²) in [5, 5.41) is 15.3. The number of H-pyrrole nitrogens is 1. The Labute approximate surface area is 82.7 Å². The largest absolute Gasteiger partial charge is 0.478 e. The molecule has 72 valence electrons. The Morgan fingerprint density at radius 3 is 3.00 bits per heavy atom. The van der Waals surface area contributed by atoms with Gasteiger partial charge in [-0.05, 0) is 6.07 Å². The van der Waals surface area contributed by atoms with Crippen molar-refractivity contribution in [3.05, 3.63) is 16.8 Å². The Balaban J connectivity index is 2.80. The van der Waals surface area contributed by atoms with Crippen molar-refractivity contribution in [1.29, 1.82) is 0 Å². The number of nitrogens with one attached hydrogen (secondary N) is 1. The lowest BCUT2D eigenvalue weighted by Gasteiger charge is -1.97. The topological polar surface area (TPSA) is 105 Å². The van der Waals surface area contributed by atoms with Crippen molar-refractivity contribution < 1.29 is 9.90 Å². The molecule has 0 radical (unpaired) electrons. The molecule has 0 bridgehead atoms. The second-order valence-electron chi connectivity index (χ2n) is 2.64. The van der Waals surface area contributed by atoms with Crippen LogP contribution in [0.3, 0.4) is 0 Å². The SMILES string of the molecule is Nc1[nH]nc2nc(Cl)c(C(=O)O)cc12. The van der Waals surface area contributed by atoms with E-state index in [2.05, 4.69) is 15.2 Å². The van der Waals surface area contributed by atoms with E-state index < -0.39 is 5.97 Å². The van der Waals surface area contributed by atoms with Gasteiger partial charge in [-0.3, -0.25) is 5.10 Å². The Bertz CT molecular complexity index is 522. The average molecular weight is 213 g/mol. The summed E-state index contributed by atoms with van der Waals surface area (Å²) in [6.45, 7) is 0. The summed E-state index contributed by atoms with van der Waals surface area (Å²) in [5.41, 5.74) is 5.71. The summed E-state index contributed by atoms with van der Waals surface area (Å²) >= 11 is 5.62. The van der Waals surface area contributed by atoms with Crippen LogP contribution in [0.4, 0.5) is 5.82 Å². The molecule has 0 aliphatic carbocycles. The van der Waals surface area contributed by atoms with Crippen LogP contribution in [0.25, 0.3) is 11.0 Å². The summed E-state index contributed by atoms with van der Waals surface area (Å²) in [7, 11) is 0. The lowest BCUT2D eigenvalue weighted by Crippen LogP contribution is -1.99. The van der Waals surface area contributed by atoms with Crippen LogP contribution >= 0.6 is 11.6 Å². The molecule has 0 atom stereocenters. The van der Waals surface area contributed by atoms with Crippen molar-refractivity contribution in [2.45, 2.75) is 0 Å². The van der Waals surface area contributed by atoms with Crippen LogP contribution in [0.2, 0.25) is 5.15 Å².